The highest BCUT2D eigenvalue weighted by Gasteiger charge is 2.42. The first-order valence-corrected chi connectivity index (χ1v) is 8.86. The number of hydrogen-bond acceptors (Lipinski definition) is 3. The summed E-state index contributed by atoms with van der Waals surface area (Å²) in [7, 11) is -3.63. The molecule has 1 N–H and O–H groups in total. The summed E-state index contributed by atoms with van der Waals surface area (Å²) in [4.78, 5) is 11.4. The molecule has 2 aliphatic heterocycles. The van der Waals surface area contributed by atoms with Gasteiger partial charge in [0.05, 0.1) is 0 Å². The van der Waals surface area contributed by atoms with Crippen LogP contribution in [0.25, 0.3) is 0 Å². The Bertz CT molecular complexity index is 445. The number of carboxylic acids is 1. The summed E-state index contributed by atoms with van der Waals surface area (Å²) in [6.45, 7) is 3.39. The predicted molar refractivity (Wildman–Crippen MR) is 75.5 cm³/mol. The second-order valence-corrected chi connectivity index (χ2v) is 7.61. The Balaban J connectivity index is 2.17. The van der Waals surface area contributed by atoms with Crippen molar-refractivity contribution in [2.24, 2.45) is 5.92 Å². The van der Waals surface area contributed by atoms with Gasteiger partial charge < -0.3 is 5.11 Å². The smallest absolute Gasteiger partial charge is 0.322 e. The summed E-state index contributed by atoms with van der Waals surface area (Å²) in [5.41, 5.74) is 0. The number of aliphatic carboxylic acids is 1. The van der Waals surface area contributed by atoms with E-state index in [0.717, 1.165) is 32.1 Å². The lowest BCUT2D eigenvalue weighted by Gasteiger charge is -2.39. The molecule has 7 heteroatoms. The molecule has 2 unspecified atom stereocenters. The van der Waals surface area contributed by atoms with Crippen molar-refractivity contribution in [2.45, 2.75) is 51.5 Å². The SMILES string of the molecule is CCC1CCN(S(=O)(=O)N2CCCCC2)C(C(=O)O)C1. The van der Waals surface area contributed by atoms with Crippen LogP contribution in [0.5, 0.6) is 0 Å². The zero-order valence-corrected chi connectivity index (χ0v) is 12.8. The van der Waals surface area contributed by atoms with Crippen molar-refractivity contribution < 1.29 is 18.3 Å². The molecule has 0 radical (unpaired) electrons. The van der Waals surface area contributed by atoms with Crippen molar-refractivity contribution in [3.8, 4) is 0 Å². The third-order valence-corrected chi connectivity index (χ3v) is 6.51. The van der Waals surface area contributed by atoms with Crippen LogP contribution in [-0.4, -0.2) is 53.8 Å². The molecule has 2 atom stereocenters. The van der Waals surface area contributed by atoms with Gasteiger partial charge in [0.25, 0.3) is 10.2 Å². The van der Waals surface area contributed by atoms with Crippen LogP contribution in [0.3, 0.4) is 0 Å². The molecule has 6 nitrogen and oxygen atoms in total. The van der Waals surface area contributed by atoms with E-state index >= 15 is 0 Å². The fraction of sp³-hybridized carbons (Fsp3) is 0.923. The van der Waals surface area contributed by atoms with Crippen LogP contribution in [0, 0.1) is 5.92 Å². The van der Waals surface area contributed by atoms with Crippen molar-refractivity contribution in [1.82, 2.24) is 8.61 Å². The summed E-state index contributed by atoms with van der Waals surface area (Å²) in [6.07, 6.45) is 4.87. The van der Waals surface area contributed by atoms with Crippen molar-refractivity contribution in [3.63, 3.8) is 0 Å². The first kappa shape index (κ1) is 15.7. The van der Waals surface area contributed by atoms with E-state index in [-0.39, 0.29) is 0 Å². The third kappa shape index (κ3) is 3.15. The second kappa shape index (κ2) is 6.41. The molecule has 2 aliphatic rings. The number of nitrogens with zero attached hydrogens (tertiary/aromatic N) is 2. The first-order valence-electron chi connectivity index (χ1n) is 7.46. The standard InChI is InChI=1S/C13H24N2O4S/c1-2-11-6-9-15(12(10-11)13(16)17)20(18,19)14-7-4-3-5-8-14/h11-12H,2-10H2,1H3,(H,16,17). The normalized spacial score (nSPS) is 30.2. The second-order valence-electron chi connectivity index (χ2n) is 5.73. The van der Waals surface area contributed by atoms with Crippen LogP contribution in [0.4, 0.5) is 0 Å². The highest BCUT2D eigenvalue weighted by Crippen LogP contribution is 2.29. The van der Waals surface area contributed by atoms with E-state index < -0.39 is 22.2 Å². The minimum Gasteiger partial charge on any atom is -0.480 e. The molecule has 2 fully saturated rings. The van der Waals surface area contributed by atoms with Gasteiger partial charge in [-0.25, -0.2) is 0 Å². The maximum absolute atomic E-state index is 12.6. The van der Waals surface area contributed by atoms with Gasteiger partial charge in [-0.1, -0.05) is 19.8 Å². The maximum Gasteiger partial charge on any atom is 0.322 e. The molecule has 2 heterocycles. The zero-order chi connectivity index (χ0) is 14.8. The molecule has 0 bridgehead atoms. The fourth-order valence-corrected chi connectivity index (χ4v) is 4.98. The Morgan fingerprint density at radius 1 is 1.20 bits per heavy atom. The molecule has 2 rings (SSSR count). The van der Waals surface area contributed by atoms with Crippen LogP contribution in [0.1, 0.15) is 45.4 Å². The molecule has 0 aromatic carbocycles. The molecule has 0 saturated carbocycles. The zero-order valence-electron chi connectivity index (χ0n) is 12.0. The quantitative estimate of drug-likeness (QED) is 0.849. The number of rotatable bonds is 4. The highest BCUT2D eigenvalue weighted by molar-refractivity contribution is 7.86. The Morgan fingerprint density at radius 3 is 2.40 bits per heavy atom. The lowest BCUT2D eigenvalue weighted by Crippen LogP contribution is -2.55. The predicted octanol–water partition coefficient (Wildman–Crippen LogP) is 1.29. The molecule has 0 aliphatic carbocycles. The van der Waals surface area contributed by atoms with Gasteiger partial charge in [0.1, 0.15) is 6.04 Å². The molecular weight excluding hydrogens is 280 g/mol. The van der Waals surface area contributed by atoms with E-state index in [1.807, 2.05) is 6.92 Å². The van der Waals surface area contributed by atoms with Crippen LogP contribution in [0.2, 0.25) is 0 Å². The molecule has 0 aromatic rings. The number of carboxylic acid groups (broad SMARTS) is 1. The van der Waals surface area contributed by atoms with Crippen LogP contribution in [-0.2, 0) is 15.0 Å². The molecule has 20 heavy (non-hydrogen) atoms. The van der Waals surface area contributed by atoms with E-state index in [4.69, 9.17) is 0 Å². The minimum absolute atomic E-state index is 0.309. The van der Waals surface area contributed by atoms with E-state index in [1.165, 1.54) is 8.61 Å². The van der Waals surface area contributed by atoms with Crippen molar-refractivity contribution >= 4 is 16.2 Å². The number of piperidine rings is 2. The summed E-state index contributed by atoms with van der Waals surface area (Å²) in [5, 5.41) is 9.36. The van der Waals surface area contributed by atoms with Gasteiger partial charge in [0.15, 0.2) is 0 Å². The topological polar surface area (TPSA) is 77.9 Å². The van der Waals surface area contributed by atoms with E-state index in [1.54, 1.807) is 0 Å². The monoisotopic (exact) mass is 304 g/mol. The van der Waals surface area contributed by atoms with Crippen LogP contribution >= 0.6 is 0 Å². The Labute approximate surface area is 120 Å². The summed E-state index contributed by atoms with van der Waals surface area (Å²) in [5.74, 6) is -0.715. The third-order valence-electron chi connectivity index (χ3n) is 4.46. The van der Waals surface area contributed by atoms with E-state index in [2.05, 4.69) is 0 Å². The van der Waals surface area contributed by atoms with Gasteiger partial charge in [0, 0.05) is 19.6 Å². The summed E-state index contributed by atoms with van der Waals surface area (Å²) < 4.78 is 28.0. The largest absolute Gasteiger partial charge is 0.480 e. The van der Waals surface area contributed by atoms with Gasteiger partial charge in [-0.15, -0.1) is 0 Å². The van der Waals surface area contributed by atoms with Crippen LogP contribution < -0.4 is 0 Å². The molecular formula is C13H24N2O4S. The maximum atomic E-state index is 12.6. The van der Waals surface area contributed by atoms with Crippen molar-refractivity contribution in [1.29, 1.82) is 0 Å². The first-order chi connectivity index (χ1) is 9.46. The van der Waals surface area contributed by atoms with Crippen molar-refractivity contribution in [2.75, 3.05) is 19.6 Å². The van der Waals surface area contributed by atoms with Crippen LogP contribution in [0.15, 0.2) is 0 Å². The summed E-state index contributed by atoms with van der Waals surface area (Å²) in [6, 6.07) is -0.902. The highest BCUT2D eigenvalue weighted by atomic mass is 32.2. The summed E-state index contributed by atoms with van der Waals surface area (Å²) >= 11 is 0. The van der Waals surface area contributed by atoms with Gasteiger partial charge in [-0.2, -0.15) is 17.0 Å². The fourth-order valence-electron chi connectivity index (χ4n) is 3.13. The lowest BCUT2D eigenvalue weighted by atomic mass is 9.90. The Morgan fingerprint density at radius 2 is 1.85 bits per heavy atom. The molecule has 0 aromatic heterocycles. The lowest BCUT2D eigenvalue weighted by molar-refractivity contribution is -0.143. The molecule has 0 amide bonds. The Hall–Kier alpha value is -0.660. The molecule has 116 valence electrons. The van der Waals surface area contributed by atoms with Crippen molar-refractivity contribution in [3.05, 3.63) is 0 Å². The molecule has 2 saturated heterocycles. The van der Waals surface area contributed by atoms with E-state index in [0.29, 0.717) is 32.0 Å². The average Bonchev–Trinajstić information content (AvgIpc) is 2.47. The molecule has 0 spiro atoms. The number of carbonyl (C=O) groups is 1. The van der Waals surface area contributed by atoms with Gasteiger partial charge in [-0.05, 0) is 31.6 Å². The minimum atomic E-state index is -3.63. The van der Waals surface area contributed by atoms with Gasteiger partial charge in [-0.3, -0.25) is 4.79 Å². The van der Waals surface area contributed by atoms with Gasteiger partial charge in [0.2, 0.25) is 0 Å². The van der Waals surface area contributed by atoms with Gasteiger partial charge >= 0.3 is 5.97 Å². The number of hydrogen-bond donors (Lipinski definition) is 1. The average molecular weight is 304 g/mol. The van der Waals surface area contributed by atoms with E-state index in [9.17, 15) is 18.3 Å². The Kier molecular flexibility index (Phi) is 5.04.